The Bertz CT molecular complexity index is 983. The van der Waals surface area contributed by atoms with E-state index in [4.69, 9.17) is 14.2 Å². The number of allylic oxidation sites excluding steroid dienone is 6. The van der Waals surface area contributed by atoms with Gasteiger partial charge in [0.05, 0.1) is 7.11 Å². The van der Waals surface area contributed by atoms with Gasteiger partial charge in [0.2, 0.25) is 0 Å². The van der Waals surface area contributed by atoms with E-state index >= 15 is 0 Å². The zero-order chi connectivity index (χ0) is 27.8. The minimum absolute atomic E-state index is 0.159. The zero-order valence-corrected chi connectivity index (χ0v) is 23.7. The fourth-order valence-corrected chi connectivity index (χ4v) is 3.54. The Morgan fingerprint density at radius 3 is 2.22 bits per heavy atom. The lowest BCUT2D eigenvalue weighted by atomic mass is 10.1. The summed E-state index contributed by atoms with van der Waals surface area (Å²) in [4.78, 5) is 25.2. The van der Waals surface area contributed by atoms with Crippen molar-refractivity contribution >= 4 is 12.1 Å². The van der Waals surface area contributed by atoms with Crippen molar-refractivity contribution in [2.75, 3.05) is 13.7 Å². The number of carbonyl (C=O) groups is 2. The van der Waals surface area contributed by atoms with E-state index in [1.54, 1.807) is 18.2 Å². The van der Waals surface area contributed by atoms with Crippen molar-refractivity contribution in [1.29, 1.82) is 0 Å². The minimum Gasteiger partial charge on any atom is -0.493 e. The summed E-state index contributed by atoms with van der Waals surface area (Å²) in [5.41, 5.74) is 4.88. The first-order valence-corrected chi connectivity index (χ1v) is 12.9. The number of nitrogens with one attached hydrogen (secondary N) is 1. The molecule has 1 aromatic carbocycles. The standard InChI is InChI=1S/C31H45NO5/c1-9-12-26-17-18-27(28(21-26)35-8)37-31(34)32-29(23(4)5)30(33)36-20-19-25(7)16-11-15-24(6)14-10-13-22(2)3/h9,13,15,17-19,21,23,29H,1,10-12,14,16,20H2,2-8H3,(H,32,34)/b24-15+,25-19+. The molecule has 1 rings (SSSR count). The van der Waals surface area contributed by atoms with E-state index in [0.717, 1.165) is 36.8 Å². The maximum atomic E-state index is 12.7. The highest BCUT2D eigenvalue weighted by molar-refractivity contribution is 5.82. The van der Waals surface area contributed by atoms with Crippen LogP contribution in [0.25, 0.3) is 0 Å². The normalized spacial score (nSPS) is 12.5. The first kappa shape index (κ1) is 31.7. The van der Waals surface area contributed by atoms with E-state index in [2.05, 4.69) is 44.8 Å². The fraction of sp³-hybridized carbons (Fsp3) is 0.484. The van der Waals surface area contributed by atoms with Crippen molar-refractivity contribution in [3.05, 3.63) is 71.4 Å². The summed E-state index contributed by atoms with van der Waals surface area (Å²) in [7, 11) is 1.50. The minimum atomic E-state index is -0.835. The third-order valence-electron chi connectivity index (χ3n) is 5.78. The van der Waals surface area contributed by atoms with Gasteiger partial charge in [-0.1, -0.05) is 54.9 Å². The molecule has 0 heterocycles. The van der Waals surface area contributed by atoms with Crippen LogP contribution in [0.3, 0.4) is 0 Å². The molecule has 0 bridgehead atoms. The van der Waals surface area contributed by atoms with Gasteiger partial charge in [0.1, 0.15) is 12.6 Å². The van der Waals surface area contributed by atoms with Gasteiger partial charge in [0.25, 0.3) is 0 Å². The number of hydrogen-bond donors (Lipinski definition) is 1. The molecule has 1 amide bonds. The average molecular weight is 512 g/mol. The molecule has 0 aliphatic carbocycles. The third-order valence-corrected chi connectivity index (χ3v) is 5.78. The summed E-state index contributed by atoms with van der Waals surface area (Å²) in [5.74, 6) is 0.0148. The molecule has 0 radical (unpaired) electrons. The highest BCUT2D eigenvalue weighted by atomic mass is 16.6. The number of amides is 1. The number of hydrogen-bond acceptors (Lipinski definition) is 5. The lowest BCUT2D eigenvalue weighted by Crippen LogP contribution is -2.46. The first-order valence-electron chi connectivity index (χ1n) is 12.9. The van der Waals surface area contributed by atoms with Gasteiger partial charge in [-0.05, 0) is 89.5 Å². The monoisotopic (exact) mass is 511 g/mol. The molecule has 1 N–H and O–H groups in total. The number of carbonyl (C=O) groups excluding carboxylic acids is 2. The molecule has 6 heteroatoms. The lowest BCUT2D eigenvalue weighted by molar-refractivity contribution is -0.145. The maximum absolute atomic E-state index is 12.7. The Morgan fingerprint density at radius 1 is 0.973 bits per heavy atom. The van der Waals surface area contributed by atoms with Crippen molar-refractivity contribution in [2.45, 2.75) is 79.7 Å². The van der Waals surface area contributed by atoms with Crippen molar-refractivity contribution in [3.8, 4) is 11.5 Å². The molecule has 0 aliphatic heterocycles. The van der Waals surface area contributed by atoms with E-state index in [0.29, 0.717) is 12.2 Å². The van der Waals surface area contributed by atoms with Gasteiger partial charge in [-0.3, -0.25) is 0 Å². The molecule has 1 unspecified atom stereocenters. The molecule has 1 aromatic rings. The summed E-state index contributed by atoms with van der Waals surface area (Å²) in [6.07, 6.45) is 12.2. The molecular weight excluding hydrogens is 466 g/mol. The van der Waals surface area contributed by atoms with Gasteiger partial charge in [0, 0.05) is 0 Å². The maximum Gasteiger partial charge on any atom is 0.413 e. The topological polar surface area (TPSA) is 73.9 Å². The largest absolute Gasteiger partial charge is 0.493 e. The van der Waals surface area contributed by atoms with E-state index in [1.807, 2.05) is 32.9 Å². The summed E-state index contributed by atoms with van der Waals surface area (Å²) >= 11 is 0. The molecule has 0 fully saturated rings. The second-order valence-electron chi connectivity index (χ2n) is 9.82. The summed E-state index contributed by atoms with van der Waals surface area (Å²) < 4.78 is 16.2. The van der Waals surface area contributed by atoms with Gasteiger partial charge in [-0.2, -0.15) is 0 Å². The summed E-state index contributed by atoms with van der Waals surface area (Å²) in [6, 6.07) is 4.44. The van der Waals surface area contributed by atoms with Crippen LogP contribution in [-0.2, 0) is 16.0 Å². The molecule has 37 heavy (non-hydrogen) atoms. The van der Waals surface area contributed by atoms with E-state index < -0.39 is 18.1 Å². The van der Waals surface area contributed by atoms with Gasteiger partial charge in [-0.25, -0.2) is 9.59 Å². The number of benzene rings is 1. The van der Waals surface area contributed by atoms with Gasteiger partial charge >= 0.3 is 12.1 Å². The van der Waals surface area contributed by atoms with E-state index in [1.165, 1.54) is 18.3 Å². The second kappa shape index (κ2) is 17.2. The predicted octanol–water partition coefficient (Wildman–Crippen LogP) is 7.50. The van der Waals surface area contributed by atoms with Crippen molar-refractivity contribution in [1.82, 2.24) is 5.32 Å². The molecule has 0 aliphatic rings. The third kappa shape index (κ3) is 13.0. The smallest absolute Gasteiger partial charge is 0.413 e. The van der Waals surface area contributed by atoms with Crippen LogP contribution in [-0.4, -0.2) is 31.8 Å². The molecule has 0 spiro atoms. The van der Waals surface area contributed by atoms with E-state index in [-0.39, 0.29) is 18.3 Å². The quantitative estimate of drug-likeness (QED) is 0.195. The molecular formula is C31H45NO5. The van der Waals surface area contributed by atoms with Crippen LogP contribution in [0, 0.1) is 5.92 Å². The van der Waals surface area contributed by atoms with Crippen LogP contribution in [0.4, 0.5) is 4.79 Å². The highest BCUT2D eigenvalue weighted by Gasteiger charge is 2.26. The molecule has 6 nitrogen and oxygen atoms in total. The Morgan fingerprint density at radius 2 is 1.62 bits per heavy atom. The fourth-order valence-electron chi connectivity index (χ4n) is 3.54. The Kier molecular flexibility index (Phi) is 14.8. The SMILES string of the molecule is C=CCc1ccc(OC(=O)NC(C(=O)OC/C=C(\C)CC/C=C(\C)CCC=C(C)C)C(C)C)c(OC)c1. The van der Waals surface area contributed by atoms with Crippen LogP contribution >= 0.6 is 0 Å². The zero-order valence-electron chi connectivity index (χ0n) is 23.7. The van der Waals surface area contributed by atoms with Gasteiger partial charge in [0.15, 0.2) is 11.5 Å². The van der Waals surface area contributed by atoms with Crippen LogP contribution < -0.4 is 14.8 Å². The molecule has 0 saturated carbocycles. The van der Waals surface area contributed by atoms with Gasteiger partial charge in [-0.15, -0.1) is 6.58 Å². The van der Waals surface area contributed by atoms with Crippen LogP contribution in [0.5, 0.6) is 11.5 Å². The molecule has 1 atom stereocenters. The number of ether oxygens (including phenoxy) is 3. The van der Waals surface area contributed by atoms with Crippen LogP contribution in [0.2, 0.25) is 0 Å². The van der Waals surface area contributed by atoms with Crippen molar-refractivity contribution in [2.24, 2.45) is 5.92 Å². The number of rotatable bonds is 15. The molecule has 204 valence electrons. The van der Waals surface area contributed by atoms with Crippen molar-refractivity contribution < 1.29 is 23.8 Å². The van der Waals surface area contributed by atoms with E-state index in [9.17, 15) is 9.59 Å². The first-order chi connectivity index (χ1) is 17.6. The predicted molar refractivity (Wildman–Crippen MR) is 151 cm³/mol. The number of methoxy groups -OCH3 is 1. The summed E-state index contributed by atoms with van der Waals surface area (Å²) in [6.45, 7) is 16.0. The van der Waals surface area contributed by atoms with Crippen LogP contribution in [0.15, 0.2) is 65.8 Å². The lowest BCUT2D eigenvalue weighted by Gasteiger charge is -2.20. The molecule has 0 aromatic heterocycles. The highest BCUT2D eigenvalue weighted by Crippen LogP contribution is 2.28. The molecule has 0 saturated heterocycles. The Labute approximate surface area is 223 Å². The van der Waals surface area contributed by atoms with Crippen molar-refractivity contribution in [3.63, 3.8) is 0 Å². The number of esters is 1. The Hall–Kier alpha value is -3.28. The second-order valence-corrected chi connectivity index (χ2v) is 9.82. The van der Waals surface area contributed by atoms with Crippen LogP contribution in [0.1, 0.15) is 72.8 Å². The van der Waals surface area contributed by atoms with Gasteiger partial charge < -0.3 is 19.5 Å². The Balaban J connectivity index is 2.59. The summed E-state index contributed by atoms with van der Waals surface area (Å²) in [5, 5.41) is 2.62. The average Bonchev–Trinajstić information content (AvgIpc) is 2.83.